The second-order valence-corrected chi connectivity index (χ2v) is 5.67. The maximum atomic E-state index is 4.75. The van der Waals surface area contributed by atoms with E-state index in [4.69, 9.17) is 4.98 Å². The summed E-state index contributed by atoms with van der Waals surface area (Å²) in [6.07, 6.45) is 3.50. The standard InChI is InChI=1S/C11H18N4S/c1-14-5-3-12-9(7-14)10-8-15-4-2-6-16-11(15)13-10/h8-9,12H,2-7H2,1H3. The maximum absolute atomic E-state index is 4.75. The molecule has 4 nitrogen and oxygen atoms in total. The van der Waals surface area contributed by atoms with E-state index >= 15 is 0 Å². The van der Waals surface area contributed by atoms with Gasteiger partial charge in [0, 0.05) is 38.1 Å². The van der Waals surface area contributed by atoms with Crippen molar-refractivity contribution in [2.45, 2.75) is 24.2 Å². The Morgan fingerprint density at radius 3 is 3.25 bits per heavy atom. The fraction of sp³-hybridized carbons (Fsp3) is 0.727. The quantitative estimate of drug-likeness (QED) is 0.790. The first kappa shape index (κ1) is 10.6. The highest BCUT2D eigenvalue weighted by atomic mass is 32.2. The van der Waals surface area contributed by atoms with Crippen LogP contribution >= 0.6 is 11.8 Å². The summed E-state index contributed by atoms with van der Waals surface area (Å²) >= 11 is 1.88. The average molecular weight is 238 g/mol. The number of hydrogen-bond acceptors (Lipinski definition) is 4. The summed E-state index contributed by atoms with van der Waals surface area (Å²) in [5, 5.41) is 4.75. The lowest BCUT2D eigenvalue weighted by Crippen LogP contribution is -2.43. The minimum absolute atomic E-state index is 0.414. The summed E-state index contributed by atoms with van der Waals surface area (Å²) in [4.78, 5) is 7.11. The molecular formula is C11H18N4S. The summed E-state index contributed by atoms with van der Waals surface area (Å²) in [5.74, 6) is 1.22. The molecule has 3 heterocycles. The number of aromatic nitrogens is 2. The van der Waals surface area contributed by atoms with Crippen LogP contribution < -0.4 is 5.32 Å². The summed E-state index contributed by atoms with van der Waals surface area (Å²) in [6, 6.07) is 0.414. The third kappa shape index (κ3) is 1.99. The first-order valence-corrected chi connectivity index (χ1v) is 6.93. The predicted molar refractivity (Wildman–Crippen MR) is 65.8 cm³/mol. The Morgan fingerprint density at radius 1 is 1.50 bits per heavy atom. The maximum Gasteiger partial charge on any atom is 0.168 e. The van der Waals surface area contributed by atoms with E-state index in [9.17, 15) is 0 Å². The van der Waals surface area contributed by atoms with Crippen molar-refractivity contribution in [3.8, 4) is 0 Å². The van der Waals surface area contributed by atoms with Crippen molar-refractivity contribution in [3.05, 3.63) is 11.9 Å². The highest BCUT2D eigenvalue weighted by Gasteiger charge is 2.22. The number of likely N-dealkylation sites (N-methyl/N-ethyl adjacent to an activating group) is 1. The van der Waals surface area contributed by atoms with Crippen LogP contribution in [0.3, 0.4) is 0 Å². The number of imidazole rings is 1. The van der Waals surface area contributed by atoms with Gasteiger partial charge in [0.25, 0.3) is 0 Å². The van der Waals surface area contributed by atoms with Crippen molar-refractivity contribution in [1.29, 1.82) is 0 Å². The molecule has 0 aliphatic carbocycles. The molecule has 1 atom stereocenters. The highest BCUT2D eigenvalue weighted by molar-refractivity contribution is 7.99. The van der Waals surface area contributed by atoms with Crippen LogP contribution in [0.1, 0.15) is 18.2 Å². The van der Waals surface area contributed by atoms with E-state index in [1.54, 1.807) is 0 Å². The lowest BCUT2D eigenvalue weighted by Gasteiger charge is -2.29. The van der Waals surface area contributed by atoms with Crippen molar-refractivity contribution in [3.63, 3.8) is 0 Å². The average Bonchev–Trinajstić information content (AvgIpc) is 2.72. The Bertz CT molecular complexity index is 353. The van der Waals surface area contributed by atoms with Gasteiger partial charge in [-0.1, -0.05) is 11.8 Å². The van der Waals surface area contributed by atoms with Crippen LogP contribution in [0, 0.1) is 0 Å². The number of rotatable bonds is 1. The van der Waals surface area contributed by atoms with E-state index in [0.717, 1.165) is 26.2 Å². The molecule has 1 N–H and O–H groups in total. The van der Waals surface area contributed by atoms with Gasteiger partial charge in [-0.3, -0.25) is 0 Å². The zero-order chi connectivity index (χ0) is 11.0. The van der Waals surface area contributed by atoms with Crippen LogP contribution in [0.2, 0.25) is 0 Å². The van der Waals surface area contributed by atoms with Crippen molar-refractivity contribution < 1.29 is 0 Å². The van der Waals surface area contributed by atoms with Crippen LogP contribution in [-0.2, 0) is 6.54 Å². The summed E-state index contributed by atoms with van der Waals surface area (Å²) in [7, 11) is 2.18. The van der Waals surface area contributed by atoms with E-state index in [0.29, 0.717) is 6.04 Å². The van der Waals surface area contributed by atoms with E-state index in [-0.39, 0.29) is 0 Å². The number of nitrogens with one attached hydrogen (secondary N) is 1. The molecule has 0 aromatic carbocycles. The third-order valence-electron chi connectivity index (χ3n) is 3.27. The van der Waals surface area contributed by atoms with E-state index in [1.165, 1.54) is 23.0 Å². The molecule has 1 aromatic heterocycles. The van der Waals surface area contributed by atoms with Crippen molar-refractivity contribution in [2.75, 3.05) is 32.4 Å². The van der Waals surface area contributed by atoms with E-state index in [2.05, 4.69) is 28.0 Å². The molecular weight excluding hydrogens is 220 g/mol. The second kappa shape index (κ2) is 4.39. The minimum Gasteiger partial charge on any atom is -0.326 e. The number of piperazine rings is 1. The zero-order valence-electron chi connectivity index (χ0n) is 9.65. The first-order chi connectivity index (χ1) is 7.83. The minimum atomic E-state index is 0.414. The summed E-state index contributed by atoms with van der Waals surface area (Å²) < 4.78 is 2.31. The number of fused-ring (bicyclic) bond motifs is 1. The van der Waals surface area contributed by atoms with Gasteiger partial charge < -0.3 is 14.8 Å². The number of hydrogen-bond donors (Lipinski definition) is 1. The SMILES string of the molecule is CN1CCNC(c2cn3c(n2)SCCC3)C1. The molecule has 1 unspecified atom stereocenters. The van der Waals surface area contributed by atoms with Gasteiger partial charge >= 0.3 is 0 Å². The fourth-order valence-electron chi connectivity index (χ4n) is 2.36. The second-order valence-electron chi connectivity index (χ2n) is 4.61. The smallest absolute Gasteiger partial charge is 0.168 e. The lowest BCUT2D eigenvalue weighted by molar-refractivity contribution is 0.238. The third-order valence-corrected chi connectivity index (χ3v) is 4.35. The summed E-state index contributed by atoms with van der Waals surface area (Å²) in [5.41, 5.74) is 1.22. The van der Waals surface area contributed by atoms with Crippen LogP contribution in [0.15, 0.2) is 11.4 Å². The Hall–Kier alpha value is -0.520. The molecule has 16 heavy (non-hydrogen) atoms. The molecule has 0 bridgehead atoms. The van der Waals surface area contributed by atoms with Crippen LogP contribution in [-0.4, -0.2) is 46.9 Å². The molecule has 2 aliphatic rings. The zero-order valence-corrected chi connectivity index (χ0v) is 10.5. The van der Waals surface area contributed by atoms with Crippen LogP contribution in [0.25, 0.3) is 0 Å². The predicted octanol–water partition coefficient (Wildman–Crippen LogP) is 0.955. The topological polar surface area (TPSA) is 33.1 Å². The van der Waals surface area contributed by atoms with Crippen LogP contribution in [0.4, 0.5) is 0 Å². The molecule has 2 aliphatic heterocycles. The fourth-order valence-corrected chi connectivity index (χ4v) is 3.29. The number of aryl methyl sites for hydroxylation is 1. The van der Waals surface area contributed by atoms with Crippen molar-refractivity contribution in [1.82, 2.24) is 19.8 Å². The van der Waals surface area contributed by atoms with Gasteiger partial charge in [0.05, 0.1) is 11.7 Å². The van der Waals surface area contributed by atoms with E-state index in [1.807, 2.05) is 11.8 Å². The Balaban J connectivity index is 1.80. The molecule has 0 saturated carbocycles. The van der Waals surface area contributed by atoms with Gasteiger partial charge in [-0.25, -0.2) is 4.98 Å². The van der Waals surface area contributed by atoms with Gasteiger partial charge in [0.2, 0.25) is 0 Å². The molecule has 0 spiro atoms. The normalized spacial score (nSPS) is 26.7. The van der Waals surface area contributed by atoms with Gasteiger partial charge in [-0.15, -0.1) is 0 Å². The molecule has 1 saturated heterocycles. The van der Waals surface area contributed by atoms with Crippen LogP contribution in [0.5, 0.6) is 0 Å². The van der Waals surface area contributed by atoms with E-state index < -0.39 is 0 Å². The number of nitrogens with zero attached hydrogens (tertiary/aromatic N) is 3. The van der Waals surface area contributed by atoms with Crippen molar-refractivity contribution >= 4 is 11.8 Å². The molecule has 0 radical (unpaired) electrons. The molecule has 3 rings (SSSR count). The van der Waals surface area contributed by atoms with Gasteiger partial charge in [-0.2, -0.15) is 0 Å². The van der Waals surface area contributed by atoms with Crippen molar-refractivity contribution in [2.24, 2.45) is 0 Å². The number of thioether (sulfide) groups is 1. The largest absolute Gasteiger partial charge is 0.326 e. The highest BCUT2D eigenvalue weighted by Crippen LogP contribution is 2.26. The monoisotopic (exact) mass is 238 g/mol. The summed E-state index contributed by atoms with van der Waals surface area (Å²) in [6.45, 7) is 4.41. The van der Waals surface area contributed by atoms with Gasteiger partial charge in [0.15, 0.2) is 5.16 Å². The Kier molecular flexibility index (Phi) is 2.91. The molecule has 1 aromatic rings. The molecule has 88 valence electrons. The molecule has 0 amide bonds. The van der Waals surface area contributed by atoms with Gasteiger partial charge in [-0.05, 0) is 13.5 Å². The lowest BCUT2D eigenvalue weighted by atomic mass is 10.1. The first-order valence-electron chi connectivity index (χ1n) is 5.95. The molecule has 5 heteroatoms. The molecule has 1 fully saturated rings. The Labute approximate surface area is 100 Å². The Morgan fingerprint density at radius 2 is 2.44 bits per heavy atom. The van der Waals surface area contributed by atoms with Gasteiger partial charge in [0.1, 0.15) is 0 Å².